The minimum atomic E-state index is -0.201. The Balaban J connectivity index is 3.45. The Labute approximate surface area is 109 Å². The van der Waals surface area contributed by atoms with Crippen LogP contribution in [0.5, 0.6) is 0 Å². The summed E-state index contributed by atoms with van der Waals surface area (Å²) in [6.07, 6.45) is 6.56. The molecule has 0 atom stereocenters. The van der Waals surface area contributed by atoms with Crippen LogP contribution in [0.4, 0.5) is 0 Å². The van der Waals surface area contributed by atoms with Crippen molar-refractivity contribution in [1.29, 1.82) is 0 Å². The lowest BCUT2D eigenvalue weighted by Crippen LogP contribution is -2.32. The highest BCUT2D eigenvalue weighted by molar-refractivity contribution is 7.98. The monoisotopic (exact) mass is 261 g/mol. The van der Waals surface area contributed by atoms with Crippen molar-refractivity contribution >= 4 is 17.6 Å². The van der Waals surface area contributed by atoms with Crippen LogP contribution in [-0.2, 0) is 0 Å². The summed E-state index contributed by atoms with van der Waals surface area (Å²) in [6.45, 7) is 6.17. The Morgan fingerprint density at radius 2 is 1.94 bits per heavy atom. The molecule has 4 N–H and O–H groups in total. The van der Waals surface area contributed by atoms with Gasteiger partial charge in [-0.15, -0.1) is 0 Å². The van der Waals surface area contributed by atoms with E-state index in [2.05, 4.69) is 16.7 Å². The van der Waals surface area contributed by atoms with E-state index in [0.717, 1.165) is 32.4 Å². The van der Waals surface area contributed by atoms with Gasteiger partial charge >= 0.3 is 0 Å². The number of rotatable bonds is 10. The molecule has 0 amide bonds. The number of hydrogen-bond acceptors (Lipinski definition) is 4. The van der Waals surface area contributed by atoms with E-state index in [9.17, 15) is 0 Å². The summed E-state index contributed by atoms with van der Waals surface area (Å²) in [4.78, 5) is 0. The molecule has 0 bridgehead atoms. The third kappa shape index (κ3) is 8.32. The van der Waals surface area contributed by atoms with Crippen LogP contribution in [0.3, 0.4) is 0 Å². The Morgan fingerprint density at radius 1 is 1.29 bits per heavy atom. The van der Waals surface area contributed by atoms with Crippen molar-refractivity contribution in [3.05, 3.63) is 0 Å². The molecule has 0 unspecified atom stereocenters. The standard InChI is InChI=1S/C12H27N3OS/c1-12(2,11(13)15-16)7-4-5-8-14-9-6-10-17-3/h14,16H,4-10H2,1-3H3,(H2,13,15). The third-order valence-corrected chi connectivity index (χ3v) is 3.61. The van der Waals surface area contributed by atoms with E-state index in [-0.39, 0.29) is 5.41 Å². The lowest BCUT2D eigenvalue weighted by atomic mass is 9.86. The van der Waals surface area contributed by atoms with Gasteiger partial charge in [-0.2, -0.15) is 11.8 Å². The number of oxime groups is 1. The number of nitrogens with two attached hydrogens (primary N) is 1. The second-order valence-corrected chi connectivity index (χ2v) is 5.91. The molecule has 0 spiro atoms. The maximum Gasteiger partial charge on any atom is 0.144 e. The molecule has 0 aromatic rings. The maximum atomic E-state index is 8.64. The summed E-state index contributed by atoms with van der Waals surface area (Å²) in [5.74, 6) is 1.55. The molecule has 0 heterocycles. The molecule has 0 aliphatic carbocycles. The van der Waals surface area contributed by atoms with Gasteiger partial charge in [-0.05, 0) is 44.4 Å². The molecule has 4 nitrogen and oxygen atoms in total. The molecule has 0 aliphatic heterocycles. The van der Waals surface area contributed by atoms with Gasteiger partial charge in [-0.1, -0.05) is 25.4 Å². The Hall–Kier alpha value is -0.420. The first kappa shape index (κ1) is 16.6. The van der Waals surface area contributed by atoms with E-state index in [4.69, 9.17) is 10.9 Å². The second-order valence-electron chi connectivity index (χ2n) is 4.92. The molecule has 5 heteroatoms. The van der Waals surface area contributed by atoms with Gasteiger partial charge in [0, 0.05) is 5.41 Å². The highest BCUT2D eigenvalue weighted by Crippen LogP contribution is 2.22. The largest absolute Gasteiger partial charge is 0.409 e. The van der Waals surface area contributed by atoms with E-state index in [0.29, 0.717) is 5.84 Å². The van der Waals surface area contributed by atoms with Gasteiger partial charge in [-0.25, -0.2) is 0 Å². The van der Waals surface area contributed by atoms with Gasteiger partial charge in [0.05, 0.1) is 0 Å². The molecule has 0 aliphatic rings. The van der Waals surface area contributed by atoms with Crippen LogP contribution in [0.25, 0.3) is 0 Å². The topological polar surface area (TPSA) is 70.6 Å². The summed E-state index contributed by atoms with van der Waals surface area (Å²) in [5, 5.41) is 15.2. The van der Waals surface area contributed by atoms with E-state index in [1.54, 1.807) is 0 Å². The summed E-state index contributed by atoms with van der Waals surface area (Å²) in [5.41, 5.74) is 5.43. The fourth-order valence-corrected chi connectivity index (χ4v) is 1.98. The van der Waals surface area contributed by atoms with Gasteiger partial charge in [0.15, 0.2) is 0 Å². The van der Waals surface area contributed by atoms with Crippen LogP contribution in [-0.4, -0.2) is 36.1 Å². The van der Waals surface area contributed by atoms with Crippen molar-refractivity contribution in [2.24, 2.45) is 16.3 Å². The molecular weight excluding hydrogens is 234 g/mol. The summed E-state index contributed by atoms with van der Waals surface area (Å²) >= 11 is 1.89. The van der Waals surface area contributed by atoms with Gasteiger partial charge in [0.2, 0.25) is 0 Å². The van der Waals surface area contributed by atoms with Crippen LogP contribution in [0.2, 0.25) is 0 Å². The van der Waals surface area contributed by atoms with Crippen LogP contribution in [0.1, 0.15) is 39.5 Å². The summed E-state index contributed by atoms with van der Waals surface area (Å²) < 4.78 is 0. The van der Waals surface area contributed by atoms with Crippen molar-refractivity contribution in [1.82, 2.24) is 5.32 Å². The normalized spacial score (nSPS) is 13.0. The van der Waals surface area contributed by atoms with Crippen molar-refractivity contribution in [2.45, 2.75) is 39.5 Å². The highest BCUT2D eigenvalue weighted by atomic mass is 32.2. The minimum Gasteiger partial charge on any atom is -0.409 e. The van der Waals surface area contributed by atoms with E-state index in [1.807, 2.05) is 25.6 Å². The van der Waals surface area contributed by atoms with Gasteiger partial charge in [0.1, 0.15) is 5.84 Å². The molecule has 0 saturated heterocycles. The highest BCUT2D eigenvalue weighted by Gasteiger charge is 2.22. The van der Waals surface area contributed by atoms with E-state index in [1.165, 1.54) is 12.2 Å². The molecular formula is C12H27N3OS. The average molecular weight is 261 g/mol. The zero-order chi connectivity index (χ0) is 13.1. The van der Waals surface area contributed by atoms with Gasteiger partial charge in [0.25, 0.3) is 0 Å². The minimum absolute atomic E-state index is 0.201. The fourth-order valence-electron chi connectivity index (χ4n) is 1.55. The van der Waals surface area contributed by atoms with E-state index < -0.39 is 0 Å². The molecule has 0 radical (unpaired) electrons. The number of hydrogen-bond donors (Lipinski definition) is 3. The molecule has 102 valence electrons. The molecule has 17 heavy (non-hydrogen) atoms. The van der Waals surface area contributed by atoms with Crippen LogP contribution in [0.15, 0.2) is 5.16 Å². The quantitative estimate of drug-likeness (QED) is 0.185. The Bertz CT molecular complexity index is 220. The fraction of sp³-hybridized carbons (Fsp3) is 0.917. The van der Waals surface area contributed by atoms with Crippen LogP contribution < -0.4 is 11.1 Å². The predicted octanol–water partition coefficient (Wildman–Crippen LogP) is 2.27. The second kappa shape index (κ2) is 9.59. The van der Waals surface area contributed by atoms with Gasteiger partial charge in [-0.3, -0.25) is 0 Å². The smallest absolute Gasteiger partial charge is 0.144 e. The maximum absolute atomic E-state index is 8.64. The molecule has 0 saturated carbocycles. The molecule has 0 aromatic carbocycles. The molecule has 0 aromatic heterocycles. The van der Waals surface area contributed by atoms with Crippen LogP contribution >= 0.6 is 11.8 Å². The third-order valence-electron chi connectivity index (χ3n) is 2.91. The van der Waals surface area contributed by atoms with Crippen LogP contribution in [0, 0.1) is 5.41 Å². The van der Waals surface area contributed by atoms with Crippen molar-refractivity contribution in [3.8, 4) is 0 Å². The zero-order valence-corrected chi connectivity index (χ0v) is 12.1. The zero-order valence-electron chi connectivity index (χ0n) is 11.3. The number of amidine groups is 1. The van der Waals surface area contributed by atoms with Crippen molar-refractivity contribution in [2.75, 3.05) is 25.1 Å². The summed E-state index contributed by atoms with van der Waals surface area (Å²) in [7, 11) is 0. The lowest BCUT2D eigenvalue weighted by molar-refractivity contribution is 0.304. The Kier molecular flexibility index (Phi) is 9.36. The SMILES string of the molecule is CSCCCNCCCCC(C)(C)C(N)=NO. The summed E-state index contributed by atoms with van der Waals surface area (Å²) in [6, 6.07) is 0. The Morgan fingerprint density at radius 3 is 2.53 bits per heavy atom. The average Bonchev–Trinajstić information content (AvgIpc) is 2.31. The molecule has 0 rings (SSSR count). The number of unbranched alkanes of at least 4 members (excludes halogenated alkanes) is 1. The van der Waals surface area contributed by atoms with Crippen molar-refractivity contribution in [3.63, 3.8) is 0 Å². The van der Waals surface area contributed by atoms with E-state index >= 15 is 0 Å². The number of nitrogens with zero attached hydrogens (tertiary/aromatic N) is 1. The predicted molar refractivity (Wildman–Crippen MR) is 76.9 cm³/mol. The first-order chi connectivity index (χ1) is 8.04. The van der Waals surface area contributed by atoms with Crippen molar-refractivity contribution < 1.29 is 5.21 Å². The first-order valence-corrected chi connectivity index (χ1v) is 7.61. The lowest BCUT2D eigenvalue weighted by Gasteiger charge is -2.22. The number of nitrogens with one attached hydrogen (secondary N) is 1. The molecule has 0 fully saturated rings. The van der Waals surface area contributed by atoms with Gasteiger partial charge < -0.3 is 16.3 Å². The number of thioether (sulfide) groups is 1. The first-order valence-electron chi connectivity index (χ1n) is 6.22.